The number of benzene rings is 1. The third-order valence-corrected chi connectivity index (χ3v) is 3.74. The predicted molar refractivity (Wildman–Crippen MR) is 82.7 cm³/mol. The van der Waals surface area contributed by atoms with Crippen molar-refractivity contribution in [3.05, 3.63) is 57.0 Å². The van der Waals surface area contributed by atoms with Crippen molar-refractivity contribution in [1.82, 2.24) is 5.32 Å². The van der Waals surface area contributed by atoms with Gasteiger partial charge in [-0.1, -0.05) is 36.5 Å². The molecule has 0 fully saturated rings. The summed E-state index contributed by atoms with van der Waals surface area (Å²) in [7, 11) is 0. The van der Waals surface area contributed by atoms with Gasteiger partial charge in [0.05, 0.1) is 10.5 Å². The maximum absolute atomic E-state index is 12.1. The molecule has 0 saturated heterocycles. The number of anilines is 1. The van der Waals surface area contributed by atoms with E-state index in [-0.39, 0.29) is 10.9 Å². The maximum Gasteiger partial charge on any atom is 0.324 e. The minimum Gasteiger partial charge on any atom is -0.322 e. The van der Waals surface area contributed by atoms with Crippen LogP contribution in [0.3, 0.4) is 0 Å². The number of rotatable bonds is 6. The van der Waals surface area contributed by atoms with E-state index in [4.69, 9.17) is 0 Å². The largest absolute Gasteiger partial charge is 0.324 e. The number of hydrogen-bond donors (Lipinski definition) is 2. The molecule has 0 spiro atoms. The van der Waals surface area contributed by atoms with Crippen molar-refractivity contribution in [1.29, 1.82) is 0 Å². The van der Waals surface area contributed by atoms with E-state index in [1.807, 2.05) is 31.2 Å². The molecule has 1 aromatic carbocycles. The number of hydrogen-bond acceptors (Lipinski definition) is 5. The quantitative estimate of drug-likeness (QED) is 0.634. The molecule has 1 amide bonds. The first kappa shape index (κ1) is 15.1. The monoisotopic (exact) mass is 305 g/mol. The number of nitrogens with one attached hydrogen (secondary N) is 2. The van der Waals surface area contributed by atoms with E-state index in [0.29, 0.717) is 17.8 Å². The maximum atomic E-state index is 12.1. The van der Waals surface area contributed by atoms with Crippen LogP contribution in [-0.2, 0) is 6.54 Å². The first-order valence-corrected chi connectivity index (χ1v) is 7.32. The van der Waals surface area contributed by atoms with Gasteiger partial charge in [0, 0.05) is 23.7 Å². The summed E-state index contributed by atoms with van der Waals surface area (Å²) in [6.45, 7) is 3.49. The minimum atomic E-state index is -0.499. The van der Waals surface area contributed by atoms with Gasteiger partial charge >= 0.3 is 5.00 Å². The molecule has 0 unspecified atom stereocenters. The van der Waals surface area contributed by atoms with E-state index >= 15 is 0 Å². The summed E-state index contributed by atoms with van der Waals surface area (Å²) < 4.78 is 0. The van der Waals surface area contributed by atoms with E-state index in [1.54, 1.807) is 0 Å². The highest BCUT2D eigenvalue weighted by Crippen LogP contribution is 2.24. The first-order valence-electron chi connectivity index (χ1n) is 6.44. The van der Waals surface area contributed by atoms with Crippen LogP contribution in [0.1, 0.15) is 22.8 Å². The lowest BCUT2D eigenvalue weighted by atomic mass is 10.1. The third kappa shape index (κ3) is 3.87. The van der Waals surface area contributed by atoms with Gasteiger partial charge in [-0.05, 0) is 18.2 Å². The lowest BCUT2D eigenvalue weighted by Gasteiger charge is -2.10. The SMILES string of the molecule is CCNCc1ccccc1NC(=O)c1csc([N+](=O)[O-])c1. The molecule has 0 bridgehead atoms. The molecule has 21 heavy (non-hydrogen) atoms. The Labute approximate surface area is 126 Å². The standard InChI is InChI=1S/C14H15N3O3S/c1-2-15-8-10-5-3-4-6-12(10)16-14(18)11-7-13(17(19)20)21-9-11/h3-7,9,15H,2,8H2,1H3,(H,16,18). The molecular weight excluding hydrogens is 290 g/mol. The fraction of sp³-hybridized carbons (Fsp3) is 0.214. The van der Waals surface area contributed by atoms with Crippen molar-refractivity contribution in [3.63, 3.8) is 0 Å². The molecular formula is C14H15N3O3S. The van der Waals surface area contributed by atoms with E-state index in [0.717, 1.165) is 23.4 Å². The van der Waals surface area contributed by atoms with E-state index < -0.39 is 4.92 Å². The van der Waals surface area contributed by atoms with Gasteiger partial charge in [0.1, 0.15) is 0 Å². The number of para-hydroxylation sites is 1. The van der Waals surface area contributed by atoms with Crippen LogP contribution in [0.4, 0.5) is 10.7 Å². The first-order chi connectivity index (χ1) is 10.1. The van der Waals surface area contributed by atoms with E-state index in [9.17, 15) is 14.9 Å². The summed E-state index contributed by atoms with van der Waals surface area (Å²) in [5, 5.41) is 18.1. The number of thiophene rings is 1. The molecule has 2 rings (SSSR count). The molecule has 1 aromatic heterocycles. The van der Waals surface area contributed by atoms with Crippen molar-refractivity contribution in [2.75, 3.05) is 11.9 Å². The second kappa shape index (κ2) is 6.96. The molecule has 110 valence electrons. The average molecular weight is 305 g/mol. The zero-order chi connectivity index (χ0) is 15.2. The van der Waals surface area contributed by atoms with E-state index in [2.05, 4.69) is 10.6 Å². The zero-order valence-corrected chi connectivity index (χ0v) is 12.3. The van der Waals surface area contributed by atoms with Gasteiger partial charge in [-0.3, -0.25) is 14.9 Å². The summed E-state index contributed by atoms with van der Waals surface area (Å²) in [5.41, 5.74) is 1.97. The molecule has 2 aromatic rings. The summed E-state index contributed by atoms with van der Waals surface area (Å²) in [5.74, 6) is -0.344. The normalized spacial score (nSPS) is 10.3. The van der Waals surface area contributed by atoms with Crippen molar-refractivity contribution < 1.29 is 9.72 Å². The van der Waals surface area contributed by atoms with Crippen molar-refractivity contribution in [2.24, 2.45) is 0 Å². The van der Waals surface area contributed by atoms with Gasteiger partial charge < -0.3 is 10.6 Å². The van der Waals surface area contributed by atoms with Gasteiger partial charge in [0.15, 0.2) is 0 Å². The number of carbonyl (C=O) groups excluding carboxylic acids is 1. The number of amides is 1. The molecule has 0 aliphatic rings. The molecule has 0 saturated carbocycles. The molecule has 2 N–H and O–H groups in total. The average Bonchev–Trinajstić information content (AvgIpc) is 2.96. The van der Waals surface area contributed by atoms with Gasteiger partial charge in [-0.2, -0.15) is 0 Å². The molecule has 1 heterocycles. The number of nitro groups is 1. The number of carbonyl (C=O) groups is 1. The van der Waals surface area contributed by atoms with Gasteiger partial charge in [-0.15, -0.1) is 0 Å². The fourth-order valence-corrected chi connectivity index (χ4v) is 2.49. The summed E-state index contributed by atoms with van der Waals surface area (Å²) in [4.78, 5) is 22.3. The minimum absolute atomic E-state index is 0.0407. The summed E-state index contributed by atoms with van der Waals surface area (Å²) in [6.07, 6.45) is 0. The van der Waals surface area contributed by atoms with Crippen LogP contribution in [0.2, 0.25) is 0 Å². The lowest BCUT2D eigenvalue weighted by Crippen LogP contribution is -2.16. The lowest BCUT2D eigenvalue weighted by molar-refractivity contribution is -0.380. The van der Waals surface area contributed by atoms with E-state index in [1.165, 1.54) is 11.4 Å². The Morgan fingerprint density at radius 2 is 2.14 bits per heavy atom. The molecule has 0 atom stereocenters. The Morgan fingerprint density at radius 1 is 1.38 bits per heavy atom. The Morgan fingerprint density at radius 3 is 2.81 bits per heavy atom. The van der Waals surface area contributed by atoms with Gasteiger partial charge in [-0.25, -0.2) is 0 Å². The van der Waals surface area contributed by atoms with Crippen LogP contribution in [0.15, 0.2) is 35.7 Å². The molecule has 0 radical (unpaired) electrons. The summed E-state index contributed by atoms with van der Waals surface area (Å²) >= 11 is 0.942. The number of nitrogens with zero attached hydrogens (tertiary/aromatic N) is 1. The zero-order valence-electron chi connectivity index (χ0n) is 11.5. The topological polar surface area (TPSA) is 84.3 Å². The van der Waals surface area contributed by atoms with Crippen molar-refractivity contribution in [3.8, 4) is 0 Å². The highest BCUT2D eigenvalue weighted by Gasteiger charge is 2.15. The van der Waals surface area contributed by atoms with Crippen LogP contribution >= 0.6 is 11.3 Å². The predicted octanol–water partition coefficient (Wildman–Crippen LogP) is 3.02. The Kier molecular flexibility index (Phi) is 5.02. The second-order valence-corrected chi connectivity index (χ2v) is 5.21. The van der Waals surface area contributed by atoms with Crippen LogP contribution in [0.5, 0.6) is 0 Å². The Balaban J connectivity index is 2.13. The molecule has 0 aliphatic carbocycles. The third-order valence-electron chi connectivity index (χ3n) is 2.86. The summed E-state index contributed by atoms with van der Waals surface area (Å²) in [6, 6.07) is 8.76. The van der Waals surface area contributed by atoms with Crippen LogP contribution in [-0.4, -0.2) is 17.4 Å². The Bertz CT molecular complexity index is 654. The van der Waals surface area contributed by atoms with Gasteiger partial charge in [0.25, 0.3) is 5.91 Å². The van der Waals surface area contributed by atoms with Crippen LogP contribution in [0.25, 0.3) is 0 Å². The Hall–Kier alpha value is -2.25. The van der Waals surface area contributed by atoms with Crippen LogP contribution in [0, 0.1) is 10.1 Å². The second-order valence-electron chi connectivity index (χ2n) is 4.32. The fourth-order valence-electron chi connectivity index (χ4n) is 1.79. The van der Waals surface area contributed by atoms with Gasteiger partial charge in [0.2, 0.25) is 0 Å². The highest BCUT2D eigenvalue weighted by atomic mass is 32.1. The van der Waals surface area contributed by atoms with Crippen molar-refractivity contribution >= 4 is 27.9 Å². The highest BCUT2D eigenvalue weighted by molar-refractivity contribution is 7.13. The molecule has 7 heteroatoms. The smallest absolute Gasteiger partial charge is 0.322 e. The van der Waals surface area contributed by atoms with Crippen molar-refractivity contribution in [2.45, 2.75) is 13.5 Å². The molecule has 0 aliphatic heterocycles. The molecule has 6 nitrogen and oxygen atoms in total. The van der Waals surface area contributed by atoms with Crippen LogP contribution < -0.4 is 10.6 Å².